The highest BCUT2D eigenvalue weighted by Gasteiger charge is 2.47. The predicted molar refractivity (Wildman–Crippen MR) is 177 cm³/mol. The first kappa shape index (κ1) is 34.9. The molecular weight excluding hydrogens is 636 g/mol. The van der Waals surface area contributed by atoms with E-state index in [9.17, 15) is 23.1 Å². The van der Waals surface area contributed by atoms with Crippen molar-refractivity contribution in [2.45, 2.75) is 57.7 Å². The standard InChI is InChI=1S/C36H34ClF3N2O3.ClH/c1-4-34(2,45-31-20-12-19-30-28(31)21-22-41(30)24-32(43)44)42(23-25-13-11-18-29(33(25)37)36(38,39)40)35(3,26-14-7-5-8-15-26)27-16-9-6-10-17-27;/h5-22H,4,23-24H2,1-3H3,(H,43,44);1H/t34-;/m1./s1. The van der Waals surface area contributed by atoms with Gasteiger partial charge in [-0.2, -0.15) is 13.2 Å². The van der Waals surface area contributed by atoms with Gasteiger partial charge < -0.3 is 14.4 Å². The van der Waals surface area contributed by atoms with E-state index in [0.29, 0.717) is 23.3 Å². The Morgan fingerprint density at radius 2 is 1.46 bits per heavy atom. The first-order chi connectivity index (χ1) is 21.4. The van der Waals surface area contributed by atoms with Gasteiger partial charge in [-0.3, -0.25) is 4.79 Å². The van der Waals surface area contributed by atoms with Crippen molar-refractivity contribution in [2.24, 2.45) is 0 Å². The van der Waals surface area contributed by atoms with Crippen LogP contribution in [-0.4, -0.2) is 26.3 Å². The van der Waals surface area contributed by atoms with Gasteiger partial charge in [-0.05, 0) is 61.2 Å². The van der Waals surface area contributed by atoms with Crippen LogP contribution < -0.4 is 4.74 Å². The molecule has 46 heavy (non-hydrogen) atoms. The summed E-state index contributed by atoms with van der Waals surface area (Å²) in [5, 5.41) is 9.77. The number of carboxylic acid groups (broad SMARTS) is 1. The zero-order valence-corrected chi connectivity index (χ0v) is 27.2. The minimum atomic E-state index is -4.62. The third kappa shape index (κ3) is 6.75. The fourth-order valence-corrected chi connectivity index (χ4v) is 6.31. The molecule has 0 aliphatic rings. The molecular formula is C36H35Cl2F3N2O3. The number of ether oxygens (including phenoxy) is 1. The Morgan fingerprint density at radius 3 is 2.00 bits per heavy atom. The number of carbonyl (C=O) groups is 1. The highest BCUT2D eigenvalue weighted by Crippen LogP contribution is 2.45. The van der Waals surface area contributed by atoms with E-state index in [0.717, 1.165) is 22.6 Å². The number of halogens is 5. The van der Waals surface area contributed by atoms with Crippen LogP contribution in [0.2, 0.25) is 5.02 Å². The highest BCUT2D eigenvalue weighted by atomic mass is 35.5. The molecule has 5 aromatic rings. The molecule has 0 unspecified atom stereocenters. The van der Waals surface area contributed by atoms with Crippen LogP contribution in [0.3, 0.4) is 0 Å². The van der Waals surface area contributed by atoms with E-state index in [1.165, 1.54) is 6.07 Å². The number of carboxylic acids is 1. The lowest BCUT2D eigenvalue weighted by Gasteiger charge is -2.51. The highest BCUT2D eigenvalue weighted by molar-refractivity contribution is 6.32. The van der Waals surface area contributed by atoms with Gasteiger partial charge in [0.25, 0.3) is 0 Å². The molecule has 0 spiro atoms. The fourth-order valence-electron chi connectivity index (χ4n) is 6.02. The molecule has 0 saturated carbocycles. The summed E-state index contributed by atoms with van der Waals surface area (Å²) >= 11 is 6.52. The molecule has 1 atom stereocenters. The van der Waals surface area contributed by atoms with Crippen LogP contribution in [0, 0.1) is 0 Å². The minimum Gasteiger partial charge on any atom is -0.480 e. The Kier molecular flexibility index (Phi) is 10.5. The number of benzene rings is 4. The molecule has 10 heteroatoms. The van der Waals surface area contributed by atoms with Crippen molar-refractivity contribution < 1.29 is 27.8 Å². The van der Waals surface area contributed by atoms with Gasteiger partial charge in [0.15, 0.2) is 5.72 Å². The van der Waals surface area contributed by atoms with E-state index in [1.807, 2.05) is 99.6 Å². The molecule has 0 amide bonds. The van der Waals surface area contributed by atoms with Crippen LogP contribution in [0.15, 0.2) is 109 Å². The van der Waals surface area contributed by atoms with E-state index >= 15 is 0 Å². The molecule has 0 fully saturated rings. The molecule has 0 bridgehead atoms. The van der Waals surface area contributed by atoms with Crippen molar-refractivity contribution in [3.8, 4) is 5.75 Å². The van der Waals surface area contributed by atoms with Crippen molar-refractivity contribution in [2.75, 3.05) is 0 Å². The van der Waals surface area contributed by atoms with Gasteiger partial charge in [0.1, 0.15) is 12.3 Å². The first-order valence-corrected chi connectivity index (χ1v) is 15.0. The number of aromatic nitrogens is 1. The van der Waals surface area contributed by atoms with E-state index in [4.69, 9.17) is 16.3 Å². The van der Waals surface area contributed by atoms with Gasteiger partial charge in [-0.25, -0.2) is 4.90 Å². The minimum absolute atomic E-state index is 0. The Morgan fingerprint density at radius 1 is 0.870 bits per heavy atom. The van der Waals surface area contributed by atoms with Crippen LogP contribution in [0.4, 0.5) is 13.2 Å². The van der Waals surface area contributed by atoms with Gasteiger partial charge in [-0.1, -0.05) is 97.4 Å². The monoisotopic (exact) mass is 670 g/mol. The second kappa shape index (κ2) is 13.8. The first-order valence-electron chi connectivity index (χ1n) is 14.6. The summed E-state index contributed by atoms with van der Waals surface area (Å²) in [5.74, 6) is -0.451. The maximum atomic E-state index is 14.0. The number of hydrogen-bond donors (Lipinski definition) is 1. The number of alkyl halides is 3. The van der Waals surface area contributed by atoms with Gasteiger partial charge in [0.05, 0.1) is 21.6 Å². The summed E-state index contributed by atoms with van der Waals surface area (Å²) in [6, 6.07) is 30.8. The number of fused-ring (bicyclic) bond motifs is 1. The molecule has 242 valence electrons. The molecule has 1 heterocycles. The van der Waals surface area contributed by atoms with Crippen molar-refractivity contribution in [3.63, 3.8) is 0 Å². The fraction of sp³-hybridized carbons (Fsp3) is 0.250. The zero-order chi connectivity index (χ0) is 32.4. The Labute approximate surface area is 277 Å². The second-order valence-electron chi connectivity index (χ2n) is 11.3. The van der Waals surface area contributed by atoms with E-state index in [1.54, 1.807) is 22.9 Å². The van der Waals surface area contributed by atoms with Gasteiger partial charge in [0.2, 0.25) is 0 Å². The Hall–Kier alpha value is -3.98. The summed E-state index contributed by atoms with van der Waals surface area (Å²) in [5.41, 5.74) is -0.101. The third-order valence-corrected chi connectivity index (χ3v) is 9.01. The summed E-state index contributed by atoms with van der Waals surface area (Å²) in [4.78, 5) is 13.6. The predicted octanol–water partition coefficient (Wildman–Crippen LogP) is 9.79. The van der Waals surface area contributed by atoms with Crippen molar-refractivity contribution >= 4 is 40.9 Å². The average molecular weight is 672 g/mol. The molecule has 0 radical (unpaired) electrons. The van der Waals surface area contributed by atoms with Crippen LogP contribution in [0.1, 0.15) is 49.4 Å². The Balaban J connectivity index is 0.00000480. The quantitative estimate of drug-likeness (QED) is 0.142. The van der Waals surface area contributed by atoms with Gasteiger partial charge >= 0.3 is 12.1 Å². The average Bonchev–Trinajstić information content (AvgIpc) is 3.43. The number of nitrogens with zero attached hydrogens (tertiary/aromatic N) is 2. The molecule has 5 rings (SSSR count). The van der Waals surface area contributed by atoms with E-state index in [2.05, 4.69) is 4.90 Å². The molecule has 0 aliphatic carbocycles. The number of hydrogen-bond acceptors (Lipinski definition) is 3. The smallest absolute Gasteiger partial charge is 0.417 e. The summed E-state index contributed by atoms with van der Waals surface area (Å²) in [7, 11) is 0. The molecule has 0 saturated heterocycles. The van der Waals surface area contributed by atoms with Crippen LogP contribution in [0.25, 0.3) is 10.9 Å². The summed E-state index contributed by atoms with van der Waals surface area (Å²) < 4.78 is 50.5. The van der Waals surface area contributed by atoms with Crippen molar-refractivity contribution in [1.82, 2.24) is 9.47 Å². The topological polar surface area (TPSA) is 54.7 Å². The molecule has 0 aliphatic heterocycles. The lowest BCUT2D eigenvalue weighted by molar-refractivity contribution is -0.138. The molecule has 5 nitrogen and oxygen atoms in total. The van der Waals surface area contributed by atoms with E-state index < -0.39 is 29.0 Å². The van der Waals surface area contributed by atoms with Crippen molar-refractivity contribution in [1.29, 1.82) is 0 Å². The summed E-state index contributed by atoms with van der Waals surface area (Å²) in [6.07, 6.45) is -2.48. The lowest BCUT2D eigenvalue weighted by Crippen LogP contribution is -2.59. The number of rotatable bonds is 11. The normalized spacial score (nSPS) is 13.3. The third-order valence-electron chi connectivity index (χ3n) is 8.56. The number of aliphatic carboxylic acids is 1. The second-order valence-corrected chi connectivity index (χ2v) is 11.7. The van der Waals surface area contributed by atoms with E-state index in [-0.39, 0.29) is 30.5 Å². The van der Waals surface area contributed by atoms with Crippen LogP contribution >= 0.6 is 24.0 Å². The molecule has 4 aromatic carbocycles. The van der Waals surface area contributed by atoms with Crippen LogP contribution in [0.5, 0.6) is 5.75 Å². The molecule has 1 N–H and O–H groups in total. The SMILES string of the molecule is CC[C@@](C)(Oc1cccc2c1ccn2CC(=O)O)N(Cc1cccc(C(F)(F)F)c1Cl)C(C)(c1ccccc1)c1ccccc1.Cl. The lowest BCUT2D eigenvalue weighted by atomic mass is 9.80. The van der Waals surface area contributed by atoms with Crippen LogP contribution in [-0.2, 0) is 29.6 Å². The largest absolute Gasteiger partial charge is 0.480 e. The Bertz CT molecular complexity index is 1760. The van der Waals surface area contributed by atoms with Gasteiger partial charge in [-0.15, -0.1) is 12.4 Å². The maximum absolute atomic E-state index is 14.0. The maximum Gasteiger partial charge on any atom is 0.417 e. The zero-order valence-electron chi connectivity index (χ0n) is 25.6. The van der Waals surface area contributed by atoms with Gasteiger partial charge in [0, 0.05) is 18.1 Å². The summed E-state index contributed by atoms with van der Waals surface area (Å²) in [6.45, 7) is 5.74. The molecule has 1 aromatic heterocycles. The van der Waals surface area contributed by atoms with Crippen molar-refractivity contribution in [3.05, 3.63) is 137 Å².